The summed E-state index contributed by atoms with van der Waals surface area (Å²) in [5.41, 5.74) is 3.69. The molecule has 128 valence electrons. The van der Waals surface area contributed by atoms with Crippen LogP contribution in [0.15, 0.2) is 42.5 Å². The van der Waals surface area contributed by atoms with Gasteiger partial charge < -0.3 is 10.0 Å². The van der Waals surface area contributed by atoms with E-state index in [1.165, 1.54) is 0 Å². The summed E-state index contributed by atoms with van der Waals surface area (Å²) in [4.78, 5) is 27.5. The molecule has 2 aliphatic rings. The Kier molecular flexibility index (Phi) is 3.92. The highest BCUT2D eigenvalue weighted by Gasteiger charge is 2.31. The third kappa shape index (κ3) is 2.57. The lowest BCUT2D eigenvalue weighted by molar-refractivity contribution is 0.0489. The topological polar surface area (TPSA) is 57.6 Å². The first kappa shape index (κ1) is 16.0. The van der Waals surface area contributed by atoms with Crippen LogP contribution in [0.1, 0.15) is 46.0 Å². The van der Waals surface area contributed by atoms with Crippen molar-refractivity contribution in [1.29, 1.82) is 0 Å². The van der Waals surface area contributed by atoms with Crippen molar-refractivity contribution in [2.24, 2.45) is 5.92 Å². The number of aliphatic hydroxyl groups is 1. The standard InChI is InChI=1S/C21H21NO3/c1-13-6-7-14(12-23)11-22(13)21(25)15-8-9-17-16-4-2-3-5-18(16)20(24)19(17)10-15/h2-5,8-10,13-14,23H,6-7,11-12H2,1H3. The molecule has 2 aromatic carbocycles. The quantitative estimate of drug-likeness (QED) is 0.783. The number of nitrogens with zero attached hydrogens (tertiary/aromatic N) is 1. The number of rotatable bonds is 2. The predicted octanol–water partition coefficient (Wildman–Crippen LogP) is 3.13. The van der Waals surface area contributed by atoms with E-state index in [0.29, 0.717) is 23.2 Å². The zero-order chi connectivity index (χ0) is 17.6. The fraction of sp³-hybridized carbons (Fsp3) is 0.333. The molecule has 1 amide bonds. The van der Waals surface area contributed by atoms with E-state index in [9.17, 15) is 14.7 Å². The minimum Gasteiger partial charge on any atom is -0.396 e. The Labute approximate surface area is 147 Å². The van der Waals surface area contributed by atoms with Gasteiger partial charge in [0.15, 0.2) is 5.78 Å². The molecule has 0 aromatic heterocycles. The number of piperidine rings is 1. The largest absolute Gasteiger partial charge is 0.396 e. The highest BCUT2D eigenvalue weighted by atomic mass is 16.3. The van der Waals surface area contributed by atoms with Crippen LogP contribution in [0.5, 0.6) is 0 Å². The van der Waals surface area contributed by atoms with Crippen LogP contribution in [-0.2, 0) is 0 Å². The minimum absolute atomic E-state index is 0.0137. The highest BCUT2D eigenvalue weighted by molar-refractivity contribution is 6.22. The number of carbonyl (C=O) groups is 2. The van der Waals surface area contributed by atoms with E-state index in [0.717, 1.165) is 24.0 Å². The Hall–Kier alpha value is -2.46. The number of carbonyl (C=O) groups excluding carboxylic acids is 2. The van der Waals surface area contributed by atoms with E-state index in [-0.39, 0.29) is 30.3 Å². The second-order valence-corrected chi connectivity index (χ2v) is 7.07. The van der Waals surface area contributed by atoms with Gasteiger partial charge in [0.25, 0.3) is 5.91 Å². The van der Waals surface area contributed by atoms with Crippen LogP contribution in [0.4, 0.5) is 0 Å². The zero-order valence-corrected chi connectivity index (χ0v) is 14.2. The fourth-order valence-corrected chi connectivity index (χ4v) is 3.94. The monoisotopic (exact) mass is 335 g/mol. The fourth-order valence-electron chi connectivity index (χ4n) is 3.94. The van der Waals surface area contributed by atoms with Crippen LogP contribution >= 0.6 is 0 Å². The number of likely N-dealkylation sites (tertiary alicyclic amines) is 1. The van der Waals surface area contributed by atoms with Gasteiger partial charge in [0.05, 0.1) is 0 Å². The van der Waals surface area contributed by atoms with Gasteiger partial charge in [-0.3, -0.25) is 9.59 Å². The molecule has 1 aliphatic heterocycles. The molecule has 1 N–H and O–H groups in total. The SMILES string of the molecule is CC1CCC(CO)CN1C(=O)c1ccc2c(c1)C(=O)c1ccccc1-2. The maximum atomic E-state index is 13.0. The van der Waals surface area contributed by atoms with Gasteiger partial charge >= 0.3 is 0 Å². The van der Waals surface area contributed by atoms with E-state index in [1.807, 2.05) is 48.2 Å². The van der Waals surface area contributed by atoms with E-state index >= 15 is 0 Å². The first-order chi connectivity index (χ1) is 12.1. The number of amides is 1. The first-order valence-corrected chi connectivity index (χ1v) is 8.80. The molecule has 0 spiro atoms. The molecule has 2 aromatic rings. The predicted molar refractivity (Wildman–Crippen MR) is 95.6 cm³/mol. The number of hydrogen-bond donors (Lipinski definition) is 1. The maximum absolute atomic E-state index is 13.0. The van der Waals surface area contributed by atoms with Gasteiger partial charge in [0.2, 0.25) is 0 Å². The summed E-state index contributed by atoms with van der Waals surface area (Å²) in [5.74, 6) is 0.0675. The lowest BCUT2D eigenvalue weighted by atomic mass is 9.93. The smallest absolute Gasteiger partial charge is 0.254 e. The Bertz CT molecular complexity index is 858. The van der Waals surface area contributed by atoms with Crippen LogP contribution in [-0.4, -0.2) is 40.9 Å². The summed E-state index contributed by atoms with van der Waals surface area (Å²) in [6.45, 7) is 2.72. The molecule has 4 heteroatoms. The third-order valence-electron chi connectivity index (χ3n) is 5.47. The van der Waals surface area contributed by atoms with Gasteiger partial charge in [0, 0.05) is 35.9 Å². The summed E-state index contributed by atoms with van der Waals surface area (Å²) < 4.78 is 0. The van der Waals surface area contributed by atoms with Crippen molar-refractivity contribution in [3.05, 3.63) is 59.2 Å². The van der Waals surface area contributed by atoms with Crippen molar-refractivity contribution in [3.63, 3.8) is 0 Å². The summed E-state index contributed by atoms with van der Waals surface area (Å²) in [6.07, 6.45) is 1.84. The molecule has 0 radical (unpaired) electrons. The normalized spacial score (nSPS) is 21.8. The lowest BCUT2D eigenvalue weighted by Gasteiger charge is -2.37. The summed E-state index contributed by atoms with van der Waals surface area (Å²) in [5, 5.41) is 9.43. The highest BCUT2D eigenvalue weighted by Crippen LogP contribution is 2.37. The first-order valence-electron chi connectivity index (χ1n) is 8.80. The van der Waals surface area contributed by atoms with E-state index in [4.69, 9.17) is 0 Å². The maximum Gasteiger partial charge on any atom is 0.254 e. The van der Waals surface area contributed by atoms with Gasteiger partial charge in [0.1, 0.15) is 0 Å². The molecule has 1 heterocycles. The van der Waals surface area contributed by atoms with Crippen molar-refractivity contribution in [3.8, 4) is 11.1 Å². The van der Waals surface area contributed by atoms with Crippen molar-refractivity contribution in [2.45, 2.75) is 25.8 Å². The van der Waals surface area contributed by atoms with Crippen molar-refractivity contribution in [1.82, 2.24) is 4.90 Å². The van der Waals surface area contributed by atoms with Crippen molar-refractivity contribution >= 4 is 11.7 Å². The molecule has 1 aliphatic carbocycles. The van der Waals surface area contributed by atoms with Gasteiger partial charge in [-0.2, -0.15) is 0 Å². The molecular weight excluding hydrogens is 314 g/mol. The molecule has 1 fully saturated rings. The molecule has 2 atom stereocenters. The van der Waals surface area contributed by atoms with Crippen LogP contribution in [0.25, 0.3) is 11.1 Å². The number of ketones is 1. The number of aliphatic hydroxyl groups excluding tert-OH is 1. The molecule has 1 saturated heterocycles. The number of fused-ring (bicyclic) bond motifs is 3. The van der Waals surface area contributed by atoms with Gasteiger partial charge in [-0.15, -0.1) is 0 Å². The Morgan fingerprint density at radius 2 is 1.80 bits per heavy atom. The Morgan fingerprint density at radius 3 is 2.56 bits per heavy atom. The van der Waals surface area contributed by atoms with E-state index in [2.05, 4.69) is 0 Å². The average Bonchev–Trinajstić information content (AvgIpc) is 2.94. The molecule has 2 unspecified atom stereocenters. The van der Waals surface area contributed by atoms with E-state index in [1.54, 1.807) is 6.07 Å². The summed E-state index contributed by atoms with van der Waals surface area (Å²) >= 11 is 0. The summed E-state index contributed by atoms with van der Waals surface area (Å²) in [7, 11) is 0. The second kappa shape index (κ2) is 6.12. The van der Waals surface area contributed by atoms with Crippen LogP contribution < -0.4 is 0 Å². The second-order valence-electron chi connectivity index (χ2n) is 7.07. The third-order valence-corrected chi connectivity index (χ3v) is 5.47. The summed E-state index contributed by atoms with van der Waals surface area (Å²) in [6, 6.07) is 13.1. The number of hydrogen-bond acceptors (Lipinski definition) is 3. The number of benzene rings is 2. The van der Waals surface area contributed by atoms with Crippen molar-refractivity contribution in [2.75, 3.05) is 13.2 Å². The van der Waals surface area contributed by atoms with Gasteiger partial charge in [-0.05, 0) is 48.9 Å². The molecular formula is C21H21NO3. The lowest BCUT2D eigenvalue weighted by Crippen LogP contribution is -2.46. The zero-order valence-electron chi connectivity index (χ0n) is 14.2. The average molecular weight is 335 g/mol. The van der Waals surface area contributed by atoms with Gasteiger partial charge in [-0.1, -0.05) is 30.3 Å². The molecule has 25 heavy (non-hydrogen) atoms. The van der Waals surface area contributed by atoms with Crippen LogP contribution in [0, 0.1) is 5.92 Å². The molecule has 4 rings (SSSR count). The molecule has 0 bridgehead atoms. The van der Waals surface area contributed by atoms with Crippen LogP contribution in [0.3, 0.4) is 0 Å². The molecule has 4 nitrogen and oxygen atoms in total. The Balaban J connectivity index is 1.67. The van der Waals surface area contributed by atoms with E-state index < -0.39 is 0 Å². The van der Waals surface area contributed by atoms with Crippen LogP contribution in [0.2, 0.25) is 0 Å². The van der Waals surface area contributed by atoms with Gasteiger partial charge in [-0.25, -0.2) is 0 Å². The minimum atomic E-state index is -0.0581. The Morgan fingerprint density at radius 1 is 1.08 bits per heavy atom. The molecule has 0 saturated carbocycles. The van der Waals surface area contributed by atoms with Crippen molar-refractivity contribution < 1.29 is 14.7 Å².